The van der Waals surface area contributed by atoms with Gasteiger partial charge in [0.2, 0.25) is 0 Å². The van der Waals surface area contributed by atoms with Gasteiger partial charge in [-0.15, -0.1) is 4.80 Å². The van der Waals surface area contributed by atoms with Crippen molar-refractivity contribution in [3.8, 4) is 17.1 Å². The fourth-order valence-electron chi connectivity index (χ4n) is 3.40. The molecule has 0 unspecified atom stereocenters. The summed E-state index contributed by atoms with van der Waals surface area (Å²) >= 11 is 1.12. The Kier molecular flexibility index (Phi) is 4.99. The third-order valence-electron chi connectivity index (χ3n) is 4.96. The van der Waals surface area contributed by atoms with Gasteiger partial charge in [0, 0.05) is 11.1 Å². The van der Waals surface area contributed by atoms with Crippen LogP contribution in [0.25, 0.3) is 17.1 Å². The number of rotatable bonds is 6. The fraction of sp³-hybridized carbons (Fsp3) is 0.190. The van der Waals surface area contributed by atoms with E-state index in [1.165, 1.54) is 24.7 Å². The Labute approximate surface area is 179 Å². The van der Waals surface area contributed by atoms with Crippen LogP contribution in [0.3, 0.4) is 0 Å². The van der Waals surface area contributed by atoms with Gasteiger partial charge in [-0.2, -0.15) is 14.6 Å². The van der Waals surface area contributed by atoms with Crippen LogP contribution in [-0.4, -0.2) is 30.3 Å². The van der Waals surface area contributed by atoms with Crippen LogP contribution in [0.2, 0.25) is 0 Å². The SMILES string of the molecule is O=C(Nc1cnc(-n2nccn2)c(C(F)F)c1)c1snc(-c2ccccc2)c1C1CC1. The Morgan fingerprint density at radius 1 is 1.16 bits per heavy atom. The number of nitrogens with one attached hydrogen (secondary N) is 1. The first-order chi connectivity index (χ1) is 15.1. The predicted molar refractivity (Wildman–Crippen MR) is 112 cm³/mol. The van der Waals surface area contributed by atoms with E-state index in [1.807, 2.05) is 30.3 Å². The minimum Gasteiger partial charge on any atom is -0.320 e. The molecule has 0 aliphatic heterocycles. The first kappa shape index (κ1) is 19.4. The van der Waals surface area contributed by atoms with Crippen LogP contribution in [0, 0.1) is 0 Å². The highest BCUT2D eigenvalue weighted by molar-refractivity contribution is 7.08. The van der Waals surface area contributed by atoms with Gasteiger partial charge >= 0.3 is 0 Å². The largest absolute Gasteiger partial charge is 0.320 e. The van der Waals surface area contributed by atoms with Crippen molar-refractivity contribution >= 4 is 23.1 Å². The third kappa shape index (κ3) is 3.81. The molecular weight excluding hydrogens is 422 g/mol. The maximum Gasteiger partial charge on any atom is 0.267 e. The molecule has 0 saturated heterocycles. The average molecular weight is 438 g/mol. The summed E-state index contributed by atoms with van der Waals surface area (Å²) in [5.74, 6) is -0.174. The van der Waals surface area contributed by atoms with Gasteiger partial charge in [-0.25, -0.2) is 13.8 Å². The van der Waals surface area contributed by atoms with Crippen LogP contribution in [0.4, 0.5) is 14.5 Å². The monoisotopic (exact) mass is 438 g/mol. The lowest BCUT2D eigenvalue weighted by Crippen LogP contribution is -2.14. The summed E-state index contributed by atoms with van der Waals surface area (Å²) < 4.78 is 31.7. The summed E-state index contributed by atoms with van der Waals surface area (Å²) in [4.78, 5) is 18.6. The van der Waals surface area contributed by atoms with E-state index in [1.54, 1.807) is 0 Å². The van der Waals surface area contributed by atoms with Gasteiger partial charge < -0.3 is 5.32 Å². The number of hydrogen-bond donors (Lipinski definition) is 1. The van der Waals surface area contributed by atoms with Gasteiger partial charge in [0.15, 0.2) is 5.82 Å². The highest BCUT2D eigenvalue weighted by Crippen LogP contribution is 2.47. The molecule has 5 rings (SSSR count). The number of benzene rings is 1. The Hall–Kier alpha value is -3.53. The average Bonchev–Trinajstić information content (AvgIpc) is 3.29. The van der Waals surface area contributed by atoms with Crippen molar-refractivity contribution in [1.29, 1.82) is 0 Å². The van der Waals surface area contributed by atoms with E-state index in [2.05, 4.69) is 24.9 Å². The summed E-state index contributed by atoms with van der Waals surface area (Å²) in [6.45, 7) is 0. The number of amides is 1. The molecule has 1 aliphatic carbocycles. The normalized spacial score (nSPS) is 13.5. The second-order valence-corrected chi connectivity index (χ2v) is 7.90. The van der Waals surface area contributed by atoms with Crippen LogP contribution >= 0.6 is 11.5 Å². The summed E-state index contributed by atoms with van der Waals surface area (Å²) in [5, 5.41) is 10.4. The van der Waals surface area contributed by atoms with Gasteiger partial charge in [0.1, 0.15) is 4.88 Å². The number of halogens is 2. The molecule has 0 spiro atoms. The van der Waals surface area contributed by atoms with Crippen LogP contribution in [0.5, 0.6) is 0 Å². The Balaban J connectivity index is 1.46. The van der Waals surface area contributed by atoms with Gasteiger partial charge in [-0.3, -0.25) is 4.79 Å². The van der Waals surface area contributed by atoms with Crippen molar-refractivity contribution in [3.63, 3.8) is 0 Å². The van der Waals surface area contributed by atoms with Crippen molar-refractivity contribution in [3.05, 3.63) is 71.0 Å². The van der Waals surface area contributed by atoms with E-state index in [-0.39, 0.29) is 28.9 Å². The lowest BCUT2D eigenvalue weighted by Gasteiger charge is -2.11. The molecule has 0 radical (unpaired) electrons. The number of carbonyl (C=O) groups is 1. The van der Waals surface area contributed by atoms with Crippen molar-refractivity contribution in [1.82, 2.24) is 24.4 Å². The van der Waals surface area contributed by atoms with Gasteiger partial charge in [-0.1, -0.05) is 30.3 Å². The molecule has 3 heterocycles. The summed E-state index contributed by atoms with van der Waals surface area (Å²) in [7, 11) is 0. The quantitative estimate of drug-likeness (QED) is 0.465. The smallest absolute Gasteiger partial charge is 0.267 e. The summed E-state index contributed by atoms with van der Waals surface area (Å²) in [6.07, 6.45) is 3.27. The maximum atomic E-state index is 13.6. The maximum absolute atomic E-state index is 13.6. The highest BCUT2D eigenvalue weighted by Gasteiger charge is 2.34. The molecule has 1 aromatic carbocycles. The number of pyridine rings is 1. The van der Waals surface area contributed by atoms with E-state index in [9.17, 15) is 13.6 Å². The van der Waals surface area contributed by atoms with E-state index in [0.29, 0.717) is 4.88 Å². The van der Waals surface area contributed by atoms with Gasteiger partial charge in [-0.05, 0) is 36.4 Å². The van der Waals surface area contributed by atoms with Crippen LogP contribution in [-0.2, 0) is 0 Å². The van der Waals surface area contributed by atoms with Crippen molar-refractivity contribution < 1.29 is 13.6 Å². The molecule has 0 atom stereocenters. The Bertz CT molecular complexity index is 1220. The zero-order valence-electron chi connectivity index (χ0n) is 16.1. The van der Waals surface area contributed by atoms with Crippen LogP contribution in [0.15, 0.2) is 55.0 Å². The molecule has 1 amide bonds. The number of anilines is 1. The number of carbonyl (C=O) groups excluding carboxylic acids is 1. The molecule has 1 fully saturated rings. The molecule has 1 aliphatic rings. The number of nitrogens with zero attached hydrogens (tertiary/aromatic N) is 5. The first-order valence-corrected chi connectivity index (χ1v) is 10.4. The molecule has 7 nitrogen and oxygen atoms in total. The highest BCUT2D eigenvalue weighted by atomic mass is 32.1. The third-order valence-corrected chi connectivity index (χ3v) is 5.83. The zero-order chi connectivity index (χ0) is 21.4. The van der Waals surface area contributed by atoms with Crippen LogP contribution in [0.1, 0.15) is 46.0 Å². The minimum absolute atomic E-state index is 0.0826. The Morgan fingerprint density at radius 2 is 1.90 bits per heavy atom. The molecule has 10 heteroatoms. The minimum atomic E-state index is -2.81. The van der Waals surface area contributed by atoms with Crippen molar-refractivity contribution in [2.45, 2.75) is 25.2 Å². The second kappa shape index (κ2) is 7.95. The van der Waals surface area contributed by atoms with E-state index in [0.717, 1.165) is 46.0 Å². The number of aromatic nitrogens is 5. The lowest BCUT2D eigenvalue weighted by atomic mass is 10.0. The summed E-state index contributed by atoms with van der Waals surface area (Å²) in [5.41, 5.74) is 2.49. The molecule has 156 valence electrons. The molecule has 4 aromatic rings. The first-order valence-electron chi connectivity index (χ1n) is 9.63. The van der Waals surface area contributed by atoms with E-state index < -0.39 is 6.43 Å². The molecule has 0 bridgehead atoms. The second-order valence-electron chi connectivity index (χ2n) is 7.12. The summed E-state index contributed by atoms with van der Waals surface area (Å²) in [6, 6.07) is 10.9. The van der Waals surface area contributed by atoms with Crippen molar-refractivity contribution in [2.24, 2.45) is 0 Å². The van der Waals surface area contributed by atoms with E-state index >= 15 is 0 Å². The van der Waals surface area contributed by atoms with Crippen molar-refractivity contribution in [2.75, 3.05) is 5.32 Å². The topological polar surface area (TPSA) is 85.6 Å². The molecule has 3 aromatic heterocycles. The number of alkyl halides is 2. The van der Waals surface area contributed by atoms with E-state index in [4.69, 9.17) is 0 Å². The molecular formula is C21H16F2N6OS. The fourth-order valence-corrected chi connectivity index (χ4v) is 4.28. The molecule has 1 N–H and O–H groups in total. The molecule has 31 heavy (non-hydrogen) atoms. The van der Waals surface area contributed by atoms with Crippen LogP contribution < -0.4 is 5.32 Å². The molecule has 1 saturated carbocycles. The lowest BCUT2D eigenvalue weighted by molar-refractivity contribution is 0.102. The predicted octanol–water partition coefficient (Wildman–Crippen LogP) is 4.85. The number of hydrogen-bond acceptors (Lipinski definition) is 6. The standard InChI is InChI=1S/C21H16F2N6OS/c22-19(23)15-10-14(11-24-20(15)29-25-8-9-26-29)27-21(30)18-16(12-6-7-12)17(28-31-18)13-4-2-1-3-5-13/h1-5,8-12,19H,6-7H2,(H,27,30). The van der Waals surface area contributed by atoms with Gasteiger partial charge in [0.05, 0.1) is 35.5 Å². The zero-order valence-corrected chi connectivity index (χ0v) is 16.9. The van der Waals surface area contributed by atoms with Gasteiger partial charge in [0.25, 0.3) is 12.3 Å². The Morgan fingerprint density at radius 3 is 2.58 bits per heavy atom.